The van der Waals surface area contributed by atoms with Crippen LogP contribution in [0.4, 0.5) is 5.69 Å². The van der Waals surface area contributed by atoms with Gasteiger partial charge in [-0.1, -0.05) is 27.7 Å². The molecule has 0 saturated heterocycles. The number of hydrogen-bond donors (Lipinski definition) is 3. The Balaban J connectivity index is 1.99. The van der Waals surface area contributed by atoms with Crippen LogP contribution in [0.5, 0.6) is 0 Å². The van der Waals surface area contributed by atoms with Crippen LogP contribution < -0.4 is 10.5 Å². The number of fused-ring (bicyclic) bond motifs is 1. The van der Waals surface area contributed by atoms with E-state index >= 15 is 0 Å². The number of benzene rings is 1. The molecule has 0 amide bonds. The van der Waals surface area contributed by atoms with E-state index in [1.54, 1.807) is 18.2 Å². The second kappa shape index (κ2) is 4.01. The van der Waals surface area contributed by atoms with Crippen LogP contribution in [-0.4, -0.2) is 19.4 Å². The average molecular weight is 307 g/mol. The summed E-state index contributed by atoms with van der Waals surface area (Å²) in [6, 6.07) is 5.12. The summed E-state index contributed by atoms with van der Waals surface area (Å²) in [6.07, 6.45) is 1.52. The summed E-state index contributed by atoms with van der Waals surface area (Å²) in [6.45, 7) is 8.32. The summed E-state index contributed by atoms with van der Waals surface area (Å²) in [5.41, 5.74) is 6.96. The number of sulfonamides is 1. The standard InChI is InChI=1S/C15H21N3O2S/c1-14(2)13(15(14,3)4)18-21(19,20)12-8-17-11-7-9(16)5-6-10(11)12/h5-8,13,17-18H,16H2,1-4H3. The Kier molecular flexibility index (Phi) is 2.75. The number of anilines is 1. The molecular formula is C15H21N3O2S. The van der Waals surface area contributed by atoms with Crippen LogP contribution in [0.25, 0.3) is 10.9 Å². The Hall–Kier alpha value is -1.53. The van der Waals surface area contributed by atoms with Gasteiger partial charge < -0.3 is 10.7 Å². The number of hydrogen-bond acceptors (Lipinski definition) is 3. The lowest BCUT2D eigenvalue weighted by molar-refractivity contribution is 0.457. The van der Waals surface area contributed by atoms with E-state index in [1.807, 2.05) is 0 Å². The highest BCUT2D eigenvalue weighted by Gasteiger charge is 2.66. The van der Waals surface area contributed by atoms with Crippen molar-refractivity contribution in [3.05, 3.63) is 24.4 Å². The molecule has 0 bridgehead atoms. The number of nitrogens with one attached hydrogen (secondary N) is 2. The van der Waals surface area contributed by atoms with Crippen LogP contribution in [0, 0.1) is 10.8 Å². The predicted molar refractivity (Wildman–Crippen MR) is 84.4 cm³/mol. The second-order valence-electron chi connectivity index (χ2n) is 6.96. The van der Waals surface area contributed by atoms with Gasteiger partial charge in [0, 0.05) is 28.8 Å². The van der Waals surface area contributed by atoms with Crippen LogP contribution in [-0.2, 0) is 10.0 Å². The molecule has 0 spiro atoms. The molecule has 6 heteroatoms. The van der Waals surface area contributed by atoms with Gasteiger partial charge >= 0.3 is 0 Å². The van der Waals surface area contributed by atoms with Gasteiger partial charge in [-0.05, 0) is 29.0 Å². The first-order valence-corrected chi connectivity index (χ1v) is 8.44. The highest BCUT2D eigenvalue weighted by molar-refractivity contribution is 7.89. The molecule has 3 rings (SSSR count). The number of rotatable bonds is 3. The molecule has 1 aromatic carbocycles. The van der Waals surface area contributed by atoms with Crippen molar-refractivity contribution in [1.82, 2.24) is 9.71 Å². The zero-order valence-electron chi connectivity index (χ0n) is 12.7. The molecule has 1 fully saturated rings. The van der Waals surface area contributed by atoms with E-state index in [1.165, 1.54) is 6.20 Å². The molecule has 21 heavy (non-hydrogen) atoms. The van der Waals surface area contributed by atoms with Crippen molar-refractivity contribution < 1.29 is 8.42 Å². The molecule has 114 valence electrons. The zero-order valence-corrected chi connectivity index (χ0v) is 13.5. The number of nitrogen functional groups attached to an aromatic ring is 1. The lowest BCUT2D eigenvalue weighted by Crippen LogP contribution is -2.29. The van der Waals surface area contributed by atoms with Crippen molar-refractivity contribution in [2.24, 2.45) is 10.8 Å². The molecule has 1 heterocycles. The van der Waals surface area contributed by atoms with Crippen LogP contribution in [0.1, 0.15) is 27.7 Å². The Morgan fingerprint density at radius 3 is 2.38 bits per heavy atom. The summed E-state index contributed by atoms with van der Waals surface area (Å²) in [5.74, 6) is 0. The molecule has 1 aliphatic carbocycles. The zero-order chi connectivity index (χ0) is 15.6. The fraction of sp³-hybridized carbons (Fsp3) is 0.467. The minimum atomic E-state index is -3.56. The molecule has 0 aliphatic heterocycles. The van der Waals surface area contributed by atoms with Gasteiger partial charge in [-0.3, -0.25) is 0 Å². The van der Waals surface area contributed by atoms with Crippen molar-refractivity contribution in [2.45, 2.75) is 38.6 Å². The van der Waals surface area contributed by atoms with Gasteiger partial charge in [0.25, 0.3) is 0 Å². The topological polar surface area (TPSA) is 88.0 Å². The highest BCUT2D eigenvalue weighted by atomic mass is 32.2. The van der Waals surface area contributed by atoms with Crippen molar-refractivity contribution in [3.63, 3.8) is 0 Å². The molecule has 2 aromatic rings. The van der Waals surface area contributed by atoms with E-state index in [2.05, 4.69) is 37.4 Å². The average Bonchev–Trinajstić information content (AvgIpc) is 2.71. The Bertz CT molecular complexity index is 805. The van der Waals surface area contributed by atoms with Gasteiger partial charge in [0.15, 0.2) is 0 Å². The van der Waals surface area contributed by atoms with Crippen molar-refractivity contribution in [1.29, 1.82) is 0 Å². The van der Waals surface area contributed by atoms with Crippen molar-refractivity contribution in [3.8, 4) is 0 Å². The first-order valence-electron chi connectivity index (χ1n) is 6.96. The SMILES string of the molecule is CC1(C)C(NS(=O)(=O)c2c[nH]c3cc(N)ccc23)C1(C)C. The van der Waals surface area contributed by atoms with Gasteiger partial charge in [-0.15, -0.1) is 0 Å². The van der Waals surface area contributed by atoms with Gasteiger partial charge in [-0.2, -0.15) is 0 Å². The first kappa shape index (κ1) is 14.4. The largest absolute Gasteiger partial charge is 0.399 e. The third-order valence-corrected chi connectivity index (χ3v) is 6.71. The molecule has 1 aromatic heterocycles. The highest BCUT2D eigenvalue weighted by Crippen LogP contribution is 2.63. The third-order valence-electron chi connectivity index (χ3n) is 5.25. The fourth-order valence-corrected chi connectivity index (χ4v) is 4.76. The molecule has 5 nitrogen and oxygen atoms in total. The number of nitrogens with two attached hydrogens (primary N) is 1. The van der Waals surface area contributed by atoms with E-state index in [0.717, 1.165) is 5.52 Å². The summed E-state index contributed by atoms with van der Waals surface area (Å²) < 4.78 is 28.2. The summed E-state index contributed by atoms with van der Waals surface area (Å²) >= 11 is 0. The Morgan fingerprint density at radius 1 is 1.19 bits per heavy atom. The van der Waals surface area contributed by atoms with E-state index < -0.39 is 10.0 Å². The summed E-state index contributed by atoms with van der Waals surface area (Å²) in [7, 11) is -3.56. The quantitative estimate of drug-likeness (QED) is 0.761. The smallest absolute Gasteiger partial charge is 0.242 e. The van der Waals surface area contributed by atoms with Gasteiger partial charge in [0.05, 0.1) is 0 Å². The van der Waals surface area contributed by atoms with Crippen LogP contribution in [0.15, 0.2) is 29.3 Å². The van der Waals surface area contributed by atoms with Crippen molar-refractivity contribution >= 4 is 26.6 Å². The van der Waals surface area contributed by atoms with E-state index in [9.17, 15) is 8.42 Å². The van der Waals surface area contributed by atoms with Crippen LogP contribution in [0.2, 0.25) is 0 Å². The maximum Gasteiger partial charge on any atom is 0.242 e. The Morgan fingerprint density at radius 2 is 1.81 bits per heavy atom. The summed E-state index contributed by atoms with van der Waals surface area (Å²) in [4.78, 5) is 3.25. The lowest BCUT2D eigenvalue weighted by atomic mass is 10.0. The lowest BCUT2D eigenvalue weighted by Gasteiger charge is -2.07. The second-order valence-corrected chi connectivity index (χ2v) is 8.64. The van der Waals surface area contributed by atoms with Gasteiger partial charge in [0.2, 0.25) is 10.0 Å². The molecule has 1 aliphatic rings. The van der Waals surface area contributed by atoms with Crippen LogP contribution >= 0.6 is 0 Å². The maximum absolute atomic E-state index is 12.7. The van der Waals surface area contributed by atoms with Gasteiger partial charge in [-0.25, -0.2) is 13.1 Å². The van der Waals surface area contributed by atoms with E-state index in [4.69, 9.17) is 5.73 Å². The number of aromatic amines is 1. The monoisotopic (exact) mass is 307 g/mol. The number of H-pyrrole nitrogens is 1. The molecule has 0 radical (unpaired) electrons. The summed E-state index contributed by atoms with van der Waals surface area (Å²) in [5, 5.41) is 0.660. The molecule has 4 N–H and O–H groups in total. The fourth-order valence-electron chi connectivity index (χ4n) is 3.05. The first-order chi connectivity index (χ1) is 9.57. The minimum Gasteiger partial charge on any atom is -0.399 e. The minimum absolute atomic E-state index is 0.0450. The van der Waals surface area contributed by atoms with Crippen LogP contribution in [0.3, 0.4) is 0 Å². The van der Waals surface area contributed by atoms with E-state index in [-0.39, 0.29) is 21.8 Å². The molecular weight excluding hydrogens is 286 g/mol. The maximum atomic E-state index is 12.7. The molecule has 0 unspecified atom stereocenters. The number of aromatic nitrogens is 1. The normalized spacial score (nSPS) is 20.8. The molecule has 1 saturated carbocycles. The van der Waals surface area contributed by atoms with E-state index in [0.29, 0.717) is 11.1 Å². The predicted octanol–water partition coefficient (Wildman–Crippen LogP) is 2.46. The third kappa shape index (κ3) is 1.97. The Labute approximate surface area is 125 Å². The molecule has 0 atom stereocenters. The van der Waals surface area contributed by atoms with Crippen molar-refractivity contribution in [2.75, 3.05) is 5.73 Å². The van der Waals surface area contributed by atoms with Gasteiger partial charge in [0.1, 0.15) is 4.90 Å².